The summed E-state index contributed by atoms with van der Waals surface area (Å²) in [6, 6.07) is 1.83. The normalized spacial score (nSPS) is 16.6. The Kier molecular flexibility index (Phi) is 1.80. The first-order valence-electron chi connectivity index (χ1n) is 5.06. The number of hydrogen-bond acceptors (Lipinski definition) is 4. The Labute approximate surface area is 93.1 Å². The highest BCUT2D eigenvalue weighted by atomic mass is 16.1. The topological polar surface area (TPSA) is 73.3 Å². The summed E-state index contributed by atoms with van der Waals surface area (Å²) in [5.74, 6) is 0.858. The second-order valence-electron chi connectivity index (χ2n) is 4.07. The van der Waals surface area contributed by atoms with Crippen LogP contribution in [-0.4, -0.2) is 28.2 Å². The van der Waals surface area contributed by atoms with E-state index in [1.807, 2.05) is 6.07 Å². The fourth-order valence-corrected chi connectivity index (χ4v) is 2.11. The van der Waals surface area contributed by atoms with Crippen molar-refractivity contribution in [2.24, 2.45) is 0 Å². The van der Waals surface area contributed by atoms with Gasteiger partial charge in [-0.3, -0.25) is 4.79 Å². The third kappa shape index (κ3) is 1.16. The van der Waals surface area contributed by atoms with Crippen LogP contribution < -0.4 is 11.2 Å². The van der Waals surface area contributed by atoms with E-state index < -0.39 is 0 Å². The van der Waals surface area contributed by atoms with Crippen LogP contribution >= 0.6 is 0 Å². The minimum atomic E-state index is 0.214. The summed E-state index contributed by atoms with van der Waals surface area (Å²) in [5.41, 5.74) is 7.88. The quantitative estimate of drug-likeness (QED) is 0.649. The van der Waals surface area contributed by atoms with E-state index in [2.05, 4.69) is 10.1 Å². The maximum atomic E-state index is 11.0. The molecule has 1 aliphatic carbocycles. The van der Waals surface area contributed by atoms with Gasteiger partial charge in [0.25, 0.3) is 0 Å². The lowest BCUT2D eigenvalue weighted by atomic mass is 9.81. The van der Waals surface area contributed by atoms with Crippen molar-refractivity contribution in [3.05, 3.63) is 18.1 Å². The number of Topliss-reactive ketones (excluding diaryl/α,β-unsaturated/α-hetero) is 1. The number of fused-ring (bicyclic) bond motifs is 1. The minimum Gasteiger partial charge on any atom is -0.382 e. The fourth-order valence-electron chi connectivity index (χ4n) is 2.11. The molecule has 0 unspecified atom stereocenters. The zero-order valence-corrected chi connectivity index (χ0v) is 8.55. The van der Waals surface area contributed by atoms with Crippen molar-refractivity contribution in [3.8, 4) is 0 Å². The van der Waals surface area contributed by atoms with Crippen LogP contribution in [0.25, 0.3) is 5.52 Å². The molecule has 2 radical (unpaired) electrons. The summed E-state index contributed by atoms with van der Waals surface area (Å²) in [5, 5.41) is 4.13. The molecule has 3 rings (SSSR count). The van der Waals surface area contributed by atoms with Gasteiger partial charge >= 0.3 is 0 Å². The van der Waals surface area contributed by atoms with Gasteiger partial charge in [-0.05, 0) is 6.07 Å². The molecule has 0 atom stereocenters. The number of carbonyl (C=O) groups excluding carboxylic acids is 1. The third-order valence-electron chi connectivity index (χ3n) is 3.01. The molecule has 2 N–H and O–H groups in total. The average Bonchev–Trinajstić information content (AvgIpc) is 2.53. The summed E-state index contributed by atoms with van der Waals surface area (Å²) in [6.07, 6.45) is 2.52. The number of nitrogens with zero attached hydrogens (tertiary/aromatic N) is 3. The van der Waals surface area contributed by atoms with E-state index in [0.717, 1.165) is 5.69 Å². The van der Waals surface area contributed by atoms with E-state index in [0.29, 0.717) is 29.6 Å². The molecule has 0 spiro atoms. The van der Waals surface area contributed by atoms with E-state index in [9.17, 15) is 4.79 Å². The van der Waals surface area contributed by atoms with Gasteiger partial charge in [0.15, 0.2) is 5.82 Å². The van der Waals surface area contributed by atoms with Crippen LogP contribution in [0.1, 0.15) is 24.5 Å². The Morgan fingerprint density at radius 2 is 2.25 bits per heavy atom. The molecule has 0 aliphatic heterocycles. The Bertz CT molecular complexity index is 584. The van der Waals surface area contributed by atoms with Gasteiger partial charge in [0.2, 0.25) is 0 Å². The molecule has 0 bridgehead atoms. The monoisotopic (exact) mass is 212 g/mol. The molecule has 2 aromatic rings. The molecule has 2 aromatic heterocycles. The fraction of sp³-hybridized carbons (Fsp3) is 0.300. The molecular weight excluding hydrogens is 203 g/mol. The van der Waals surface area contributed by atoms with Crippen LogP contribution in [0.3, 0.4) is 0 Å². The number of ketones is 1. The molecule has 2 heterocycles. The van der Waals surface area contributed by atoms with Crippen LogP contribution in [-0.2, 0) is 4.79 Å². The Hall–Kier alpha value is -1.85. The van der Waals surface area contributed by atoms with Crippen molar-refractivity contribution in [3.63, 3.8) is 0 Å². The predicted molar refractivity (Wildman–Crippen MR) is 59.8 cm³/mol. The predicted octanol–water partition coefficient (Wildman–Crippen LogP) is -0.448. The molecule has 16 heavy (non-hydrogen) atoms. The van der Waals surface area contributed by atoms with Crippen molar-refractivity contribution in [2.75, 3.05) is 5.73 Å². The second-order valence-corrected chi connectivity index (χ2v) is 4.07. The molecule has 0 aromatic carbocycles. The van der Waals surface area contributed by atoms with Gasteiger partial charge in [0, 0.05) is 24.5 Å². The summed E-state index contributed by atoms with van der Waals surface area (Å²) < 4.78 is 1.69. The first-order valence-corrected chi connectivity index (χ1v) is 5.06. The lowest BCUT2D eigenvalue weighted by Crippen LogP contribution is -2.22. The number of nitrogens with two attached hydrogens (primary N) is 1. The van der Waals surface area contributed by atoms with E-state index in [-0.39, 0.29) is 11.7 Å². The molecule has 1 saturated carbocycles. The van der Waals surface area contributed by atoms with Crippen LogP contribution in [0.15, 0.2) is 12.4 Å². The van der Waals surface area contributed by atoms with Crippen LogP contribution in [0, 0.1) is 0 Å². The summed E-state index contributed by atoms with van der Waals surface area (Å²) in [7, 11) is 5.86. The van der Waals surface area contributed by atoms with Gasteiger partial charge in [0.1, 0.15) is 25.5 Å². The third-order valence-corrected chi connectivity index (χ3v) is 3.01. The number of anilines is 1. The summed E-state index contributed by atoms with van der Waals surface area (Å²) in [4.78, 5) is 14.9. The smallest absolute Gasteiger partial charge is 0.150 e. The first kappa shape index (κ1) is 9.39. The Balaban J connectivity index is 2.19. The van der Waals surface area contributed by atoms with Gasteiger partial charge < -0.3 is 5.73 Å². The molecule has 1 fully saturated rings. The molecule has 0 saturated heterocycles. The maximum Gasteiger partial charge on any atom is 0.150 e. The Morgan fingerprint density at radius 3 is 2.94 bits per heavy atom. The zero-order chi connectivity index (χ0) is 11.3. The second kappa shape index (κ2) is 3.07. The minimum absolute atomic E-state index is 0.214. The van der Waals surface area contributed by atoms with E-state index in [4.69, 9.17) is 13.6 Å². The lowest BCUT2D eigenvalue weighted by molar-refractivity contribution is -0.124. The van der Waals surface area contributed by atoms with Gasteiger partial charge in [-0.15, -0.1) is 0 Å². The number of rotatable bonds is 1. The van der Waals surface area contributed by atoms with E-state index in [1.165, 1.54) is 6.33 Å². The van der Waals surface area contributed by atoms with Crippen molar-refractivity contribution in [1.29, 1.82) is 0 Å². The van der Waals surface area contributed by atoms with Crippen molar-refractivity contribution < 1.29 is 4.79 Å². The number of carbonyl (C=O) groups is 1. The van der Waals surface area contributed by atoms with Crippen molar-refractivity contribution in [1.82, 2.24) is 14.6 Å². The molecule has 78 valence electrons. The lowest BCUT2D eigenvalue weighted by Gasteiger charge is -2.23. The average molecular weight is 212 g/mol. The first-order chi connectivity index (χ1) is 7.66. The maximum absolute atomic E-state index is 11.0. The largest absolute Gasteiger partial charge is 0.382 e. The Morgan fingerprint density at radius 1 is 1.50 bits per heavy atom. The van der Waals surface area contributed by atoms with E-state index >= 15 is 0 Å². The highest BCUT2D eigenvalue weighted by Gasteiger charge is 2.31. The van der Waals surface area contributed by atoms with Gasteiger partial charge in [-0.2, -0.15) is 5.10 Å². The van der Waals surface area contributed by atoms with Crippen molar-refractivity contribution in [2.45, 2.75) is 18.8 Å². The van der Waals surface area contributed by atoms with Gasteiger partial charge in [-0.1, -0.05) is 5.46 Å². The molecule has 1 aliphatic rings. The SMILES string of the molecule is [B]c1cc(C2CC(=O)C2)n2ncnc(N)c12. The standard InChI is InChI=1S/C10H9BN4O/c11-7-3-8(5-1-6(16)2-5)15-9(7)10(12)13-4-14-15/h3-5H,1-2H2,(H2,12,13,14). The van der Waals surface area contributed by atoms with Crippen LogP contribution in [0.4, 0.5) is 5.82 Å². The van der Waals surface area contributed by atoms with Crippen LogP contribution in [0.2, 0.25) is 0 Å². The molecule has 5 nitrogen and oxygen atoms in total. The molecule has 0 amide bonds. The zero-order valence-electron chi connectivity index (χ0n) is 8.55. The highest BCUT2D eigenvalue weighted by Crippen LogP contribution is 2.33. The van der Waals surface area contributed by atoms with Crippen molar-refractivity contribution >= 4 is 30.4 Å². The highest BCUT2D eigenvalue weighted by molar-refractivity contribution is 6.37. The summed E-state index contributed by atoms with van der Waals surface area (Å²) in [6.45, 7) is 0. The molecule has 6 heteroatoms. The van der Waals surface area contributed by atoms with Gasteiger partial charge in [-0.25, -0.2) is 9.50 Å². The number of aromatic nitrogens is 3. The molecular formula is C10H9BN4O. The van der Waals surface area contributed by atoms with Crippen LogP contribution in [0.5, 0.6) is 0 Å². The summed E-state index contributed by atoms with van der Waals surface area (Å²) >= 11 is 0. The number of nitrogen functional groups attached to an aromatic ring is 1. The van der Waals surface area contributed by atoms with Gasteiger partial charge in [0.05, 0.1) is 0 Å². The number of hydrogen-bond donors (Lipinski definition) is 1. The van der Waals surface area contributed by atoms with E-state index in [1.54, 1.807) is 4.52 Å².